The molecule has 0 saturated carbocycles. The highest BCUT2D eigenvalue weighted by molar-refractivity contribution is 7.80. The number of piperidine rings is 1. The van der Waals surface area contributed by atoms with Crippen molar-refractivity contribution in [2.45, 2.75) is 27.4 Å². The number of allylic oxidation sites excluding steroid dienone is 2. The molecule has 3 heterocycles. The number of thiocarbonyl (C=S) groups is 1. The topological polar surface area (TPSA) is 97.8 Å². The first kappa shape index (κ1) is 32.0. The van der Waals surface area contributed by atoms with Gasteiger partial charge >= 0.3 is 5.97 Å². The number of rotatable bonds is 6. The van der Waals surface area contributed by atoms with Gasteiger partial charge in [-0.05, 0) is 74.6 Å². The maximum Gasteiger partial charge on any atom is 0.314 e. The zero-order valence-electron chi connectivity index (χ0n) is 21.2. The number of esters is 1. The van der Waals surface area contributed by atoms with Crippen LogP contribution in [0.1, 0.15) is 31.4 Å². The molecule has 41 heavy (non-hydrogen) atoms. The van der Waals surface area contributed by atoms with E-state index >= 15 is 0 Å². The maximum absolute atomic E-state index is 12.8. The molecule has 218 valence electrons. The van der Waals surface area contributed by atoms with Crippen molar-refractivity contribution in [1.29, 1.82) is 0 Å². The molecule has 2 aliphatic rings. The highest BCUT2D eigenvalue weighted by atomic mass is 35.6. The SMILES string of the molecule is CCN1C(=O)C(=CC=CN2CCC(C(=O)Oc3ccc(-c4nc(C(Cl)(Cl)Cl)nc(C(Cl)(Cl)Cl)n4)cc3)CC2)OC1=S. The van der Waals surface area contributed by atoms with Gasteiger partial charge in [-0.25, -0.2) is 15.0 Å². The van der Waals surface area contributed by atoms with E-state index in [0.29, 0.717) is 43.8 Å². The molecule has 0 radical (unpaired) electrons. The van der Waals surface area contributed by atoms with Crippen LogP contribution in [-0.2, 0) is 21.9 Å². The van der Waals surface area contributed by atoms with Gasteiger partial charge < -0.3 is 14.4 Å². The Kier molecular flexibility index (Phi) is 10.3. The molecule has 0 spiro atoms. The molecular weight excluding hydrogens is 679 g/mol. The van der Waals surface area contributed by atoms with Crippen molar-refractivity contribution in [3.05, 3.63) is 60.0 Å². The number of likely N-dealkylation sites (N-methyl/N-ethyl adjacent to an activating group) is 1. The first-order valence-electron chi connectivity index (χ1n) is 12.1. The molecule has 16 heteroatoms. The van der Waals surface area contributed by atoms with Gasteiger partial charge in [0, 0.05) is 25.2 Å². The number of amides is 1. The zero-order valence-corrected chi connectivity index (χ0v) is 26.6. The van der Waals surface area contributed by atoms with Crippen molar-refractivity contribution in [3.63, 3.8) is 0 Å². The summed E-state index contributed by atoms with van der Waals surface area (Å²) < 4.78 is 6.97. The Morgan fingerprint density at radius 2 is 1.63 bits per heavy atom. The summed E-state index contributed by atoms with van der Waals surface area (Å²) in [5.74, 6) is -0.663. The normalized spacial score (nSPS) is 18.0. The molecule has 2 saturated heterocycles. The van der Waals surface area contributed by atoms with Crippen LogP contribution in [-0.4, -0.2) is 61.4 Å². The lowest BCUT2D eigenvalue weighted by Gasteiger charge is -2.29. The third-order valence-corrected chi connectivity index (χ3v) is 7.39. The number of hydrogen-bond donors (Lipinski definition) is 0. The number of likely N-dealkylation sites (tertiary alicyclic amines) is 1. The van der Waals surface area contributed by atoms with E-state index in [1.165, 1.54) is 4.90 Å². The van der Waals surface area contributed by atoms with Gasteiger partial charge in [-0.2, -0.15) is 0 Å². The van der Waals surface area contributed by atoms with Crippen molar-refractivity contribution < 1.29 is 19.1 Å². The number of ether oxygens (including phenoxy) is 2. The Balaban J connectivity index is 1.34. The minimum atomic E-state index is -1.98. The molecule has 2 fully saturated rings. The van der Waals surface area contributed by atoms with E-state index in [2.05, 4.69) is 19.9 Å². The molecule has 0 atom stereocenters. The van der Waals surface area contributed by atoms with Crippen LogP contribution < -0.4 is 4.74 Å². The molecule has 1 amide bonds. The summed E-state index contributed by atoms with van der Waals surface area (Å²) >= 11 is 40.7. The van der Waals surface area contributed by atoms with E-state index in [9.17, 15) is 9.59 Å². The van der Waals surface area contributed by atoms with Crippen LogP contribution in [0, 0.1) is 5.92 Å². The summed E-state index contributed by atoms with van der Waals surface area (Å²) in [6, 6.07) is 6.42. The summed E-state index contributed by atoms with van der Waals surface area (Å²) in [5, 5.41) is 0.153. The third-order valence-electron chi connectivity index (χ3n) is 6.07. The Morgan fingerprint density at radius 1 is 1.05 bits per heavy atom. The average molecular weight is 700 g/mol. The highest BCUT2D eigenvalue weighted by Gasteiger charge is 2.34. The second-order valence-electron chi connectivity index (χ2n) is 8.85. The summed E-state index contributed by atoms with van der Waals surface area (Å²) in [6.07, 6.45) is 6.37. The Hall–Kier alpha value is -1.92. The Morgan fingerprint density at radius 3 is 2.15 bits per heavy atom. The number of hydrogen-bond acceptors (Lipinski definition) is 9. The smallest absolute Gasteiger partial charge is 0.314 e. The molecule has 2 aliphatic heterocycles. The van der Waals surface area contributed by atoms with E-state index in [1.54, 1.807) is 36.4 Å². The van der Waals surface area contributed by atoms with Crippen molar-refractivity contribution in [1.82, 2.24) is 24.8 Å². The largest absolute Gasteiger partial charge is 0.426 e. The molecule has 0 unspecified atom stereocenters. The standard InChI is InChI=1S/C25H21Cl6N5O4S/c1-2-36-19(37)17(40-23(36)41)4-3-11-35-12-9-15(10-13-35)20(38)39-16-7-5-14(6-8-16)18-32-21(24(26,27)28)34-22(33-18)25(29,30)31/h3-8,11,15H,2,9-10,12-13H2,1H3. The number of aromatic nitrogens is 3. The number of carbonyl (C=O) groups excluding carboxylic acids is 2. The van der Waals surface area contributed by atoms with Crippen LogP contribution in [0.3, 0.4) is 0 Å². The number of halogens is 6. The van der Waals surface area contributed by atoms with Crippen molar-refractivity contribution in [2.24, 2.45) is 5.92 Å². The van der Waals surface area contributed by atoms with Crippen LogP contribution in [0.2, 0.25) is 0 Å². The van der Waals surface area contributed by atoms with Crippen LogP contribution in [0.25, 0.3) is 11.4 Å². The number of carbonyl (C=O) groups is 2. The molecule has 0 bridgehead atoms. The quantitative estimate of drug-likeness (QED) is 0.112. The van der Waals surface area contributed by atoms with Gasteiger partial charge in [-0.15, -0.1) is 0 Å². The number of benzene rings is 1. The molecule has 0 aliphatic carbocycles. The van der Waals surface area contributed by atoms with E-state index < -0.39 is 7.59 Å². The summed E-state index contributed by atoms with van der Waals surface area (Å²) in [5.41, 5.74) is 0.488. The lowest BCUT2D eigenvalue weighted by Crippen LogP contribution is -2.34. The van der Waals surface area contributed by atoms with Gasteiger partial charge in [-0.1, -0.05) is 69.6 Å². The van der Waals surface area contributed by atoms with E-state index in [4.69, 9.17) is 91.3 Å². The maximum atomic E-state index is 12.8. The first-order chi connectivity index (χ1) is 19.3. The van der Waals surface area contributed by atoms with Crippen molar-refractivity contribution >= 4 is 98.9 Å². The Bertz CT molecular complexity index is 1350. The zero-order chi connectivity index (χ0) is 29.9. The summed E-state index contributed by atoms with van der Waals surface area (Å²) in [4.78, 5) is 40.7. The van der Waals surface area contributed by atoms with E-state index in [0.717, 1.165) is 0 Å². The predicted molar refractivity (Wildman–Crippen MR) is 162 cm³/mol. The predicted octanol–water partition coefficient (Wildman–Crippen LogP) is 6.37. The monoisotopic (exact) mass is 697 g/mol. The lowest BCUT2D eigenvalue weighted by atomic mass is 9.97. The van der Waals surface area contributed by atoms with Gasteiger partial charge in [-0.3, -0.25) is 14.5 Å². The van der Waals surface area contributed by atoms with E-state index in [1.807, 2.05) is 13.1 Å². The average Bonchev–Trinajstić information content (AvgIpc) is 3.19. The molecule has 1 aromatic heterocycles. The summed E-state index contributed by atoms with van der Waals surface area (Å²) in [6.45, 7) is 3.55. The van der Waals surface area contributed by atoms with Crippen molar-refractivity contribution in [2.75, 3.05) is 19.6 Å². The van der Waals surface area contributed by atoms with Gasteiger partial charge in [0.15, 0.2) is 23.2 Å². The molecule has 2 aromatic rings. The van der Waals surface area contributed by atoms with Crippen LogP contribution in [0.5, 0.6) is 5.75 Å². The van der Waals surface area contributed by atoms with Gasteiger partial charge in [0.2, 0.25) is 7.59 Å². The fraction of sp³-hybridized carbons (Fsp3) is 0.360. The fourth-order valence-corrected chi connectivity index (χ4v) is 4.76. The lowest BCUT2D eigenvalue weighted by molar-refractivity contribution is -0.140. The van der Waals surface area contributed by atoms with Gasteiger partial charge in [0.1, 0.15) is 5.75 Å². The van der Waals surface area contributed by atoms with Crippen LogP contribution in [0.15, 0.2) is 48.4 Å². The second-order valence-corrected chi connectivity index (χ2v) is 13.8. The molecular formula is C25H21Cl6N5O4S. The van der Waals surface area contributed by atoms with Gasteiger partial charge in [0.25, 0.3) is 11.1 Å². The molecule has 9 nitrogen and oxygen atoms in total. The first-order valence-corrected chi connectivity index (χ1v) is 14.8. The fourth-order valence-electron chi connectivity index (χ4n) is 3.95. The third kappa shape index (κ3) is 8.13. The van der Waals surface area contributed by atoms with Crippen LogP contribution >= 0.6 is 81.8 Å². The number of nitrogens with zero attached hydrogens (tertiary/aromatic N) is 5. The summed E-state index contributed by atoms with van der Waals surface area (Å²) in [7, 11) is 0. The minimum Gasteiger partial charge on any atom is -0.426 e. The highest BCUT2D eigenvalue weighted by Crippen LogP contribution is 2.40. The molecule has 0 N–H and O–H groups in total. The second kappa shape index (κ2) is 13.2. The Labute approximate surface area is 271 Å². The minimum absolute atomic E-state index is 0.103. The van der Waals surface area contributed by atoms with Crippen molar-refractivity contribution in [3.8, 4) is 17.1 Å². The molecule has 1 aromatic carbocycles. The van der Waals surface area contributed by atoms with Crippen LogP contribution in [0.4, 0.5) is 0 Å². The molecule has 4 rings (SSSR count). The number of alkyl halides is 6. The van der Waals surface area contributed by atoms with Gasteiger partial charge in [0.05, 0.1) is 5.92 Å². The van der Waals surface area contributed by atoms with E-state index in [-0.39, 0.29) is 46.2 Å².